The van der Waals surface area contributed by atoms with Crippen molar-refractivity contribution in [3.8, 4) is 5.75 Å². The minimum Gasteiger partial charge on any atom is -0.486 e. The zero-order valence-corrected chi connectivity index (χ0v) is 22.0. The molecule has 5 rings (SSSR count). The lowest BCUT2D eigenvalue weighted by Crippen LogP contribution is -2.55. The molecule has 0 aromatic heterocycles. The highest BCUT2D eigenvalue weighted by molar-refractivity contribution is 5.96. The first-order valence-electron chi connectivity index (χ1n) is 13.9. The molecule has 1 fully saturated rings. The van der Waals surface area contributed by atoms with Gasteiger partial charge < -0.3 is 25.2 Å². The molecule has 0 bridgehead atoms. The predicted octanol–water partition coefficient (Wildman–Crippen LogP) is 3.62. The van der Waals surface area contributed by atoms with Crippen molar-refractivity contribution in [1.82, 2.24) is 10.2 Å². The lowest BCUT2D eigenvalue weighted by Gasteiger charge is -2.41. The van der Waals surface area contributed by atoms with E-state index in [0.717, 1.165) is 23.1 Å². The van der Waals surface area contributed by atoms with Gasteiger partial charge in [0.05, 0.1) is 18.6 Å². The van der Waals surface area contributed by atoms with Crippen LogP contribution in [-0.4, -0.2) is 58.3 Å². The summed E-state index contributed by atoms with van der Waals surface area (Å²) in [6, 6.07) is 14.8. The summed E-state index contributed by atoms with van der Waals surface area (Å²) in [7, 11) is 0. The quantitative estimate of drug-likeness (QED) is 0.471. The van der Waals surface area contributed by atoms with Gasteiger partial charge in [-0.1, -0.05) is 73.7 Å². The number of benzene rings is 2. The summed E-state index contributed by atoms with van der Waals surface area (Å²) >= 11 is 0. The molecule has 2 amide bonds. The van der Waals surface area contributed by atoms with E-state index in [4.69, 9.17) is 4.74 Å². The fourth-order valence-corrected chi connectivity index (χ4v) is 6.21. The zero-order chi connectivity index (χ0) is 26.6. The second-order valence-corrected chi connectivity index (χ2v) is 10.9. The largest absolute Gasteiger partial charge is 0.486 e. The van der Waals surface area contributed by atoms with Crippen molar-refractivity contribution < 1.29 is 24.5 Å². The van der Waals surface area contributed by atoms with E-state index in [0.29, 0.717) is 30.2 Å². The number of rotatable bonds is 9. The molecule has 4 atom stereocenters. The monoisotopic (exact) mass is 518 g/mol. The SMILES string of the molecule is Cc1ccc(CN(C(=O)CCC2CCCC2)[C@@H]2C=C(C(=O)NCCO)[C@@H]3c4ccccc4O[C@@H]3[C@H]2O)cc1. The molecule has 7 nitrogen and oxygen atoms in total. The van der Waals surface area contributed by atoms with Crippen molar-refractivity contribution in [2.75, 3.05) is 13.2 Å². The summed E-state index contributed by atoms with van der Waals surface area (Å²) in [6.07, 6.45) is 6.09. The number of aliphatic hydroxyl groups is 2. The van der Waals surface area contributed by atoms with E-state index in [1.54, 1.807) is 11.0 Å². The van der Waals surface area contributed by atoms with Crippen molar-refractivity contribution in [2.45, 2.75) is 76.2 Å². The first-order valence-corrected chi connectivity index (χ1v) is 13.9. The van der Waals surface area contributed by atoms with Crippen LogP contribution in [0, 0.1) is 12.8 Å². The highest BCUT2D eigenvalue weighted by Crippen LogP contribution is 2.47. The van der Waals surface area contributed by atoms with Crippen LogP contribution in [0.3, 0.4) is 0 Å². The number of aliphatic hydroxyl groups excluding tert-OH is 2. The van der Waals surface area contributed by atoms with Crippen LogP contribution in [0.5, 0.6) is 5.75 Å². The third-order valence-corrected chi connectivity index (χ3v) is 8.27. The lowest BCUT2D eigenvalue weighted by molar-refractivity contribution is -0.138. The number of fused-ring (bicyclic) bond motifs is 3. The van der Waals surface area contributed by atoms with Gasteiger partial charge in [-0.05, 0) is 37.0 Å². The van der Waals surface area contributed by atoms with Crippen molar-refractivity contribution in [2.24, 2.45) is 5.92 Å². The molecule has 0 unspecified atom stereocenters. The normalized spacial score (nSPS) is 24.2. The van der Waals surface area contributed by atoms with E-state index >= 15 is 0 Å². The maximum absolute atomic E-state index is 13.8. The van der Waals surface area contributed by atoms with Gasteiger partial charge in [0.2, 0.25) is 11.8 Å². The topological polar surface area (TPSA) is 99.1 Å². The molecule has 3 N–H and O–H groups in total. The first-order chi connectivity index (χ1) is 18.5. The van der Waals surface area contributed by atoms with Gasteiger partial charge in [-0.25, -0.2) is 0 Å². The van der Waals surface area contributed by atoms with Gasteiger partial charge in [0.25, 0.3) is 0 Å². The molecule has 202 valence electrons. The average molecular weight is 519 g/mol. The van der Waals surface area contributed by atoms with Crippen LogP contribution in [0.25, 0.3) is 0 Å². The second kappa shape index (κ2) is 11.7. The van der Waals surface area contributed by atoms with E-state index in [2.05, 4.69) is 5.32 Å². The Morgan fingerprint density at radius 1 is 1.08 bits per heavy atom. The summed E-state index contributed by atoms with van der Waals surface area (Å²) in [5.74, 6) is 0.414. The predicted molar refractivity (Wildman–Crippen MR) is 144 cm³/mol. The number of ether oxygens (including phenoxy) is 1. The Balaban J connectivity index is 1.49. The second-order valence-electron chi connectivity index (χ2n) is 10.9. The molecular formula is C31H38N2O5. The summed E-state index contributed by atoms with van der Waals surface area (Å²) < 4.78 is 6.22. The van der Waals surface area contributed by atoms with Crippen molar-refractivity contribution >= 4 is 11.8 Å². The molecule has 38 heavy (non-hydrogen) atoms. The fourth-order valence-electron chi connectivity index (χ4n) is 6.21. The smallest absolute Gasteiger partial charge is 0.247 e. The lowest BCUT2D eigenvalue weighted by atomic mass is 9.77. The van der Waals surface area contributed by atoms with Gasteiger partial charge in [0.15, 0.2) is 0 Å². The number of para-hydroxylation sites is 1. The summed E-state index contributed by atoms with van der Waals surface area (Å²) in [4.78, 5) is 28.8. The van der Waals surface area contributed by atoms with E-state index in [9.17, 15) is 19.8 Å². The number of aryl methyl sites for hydroxylation is 1. The maximum Gasteiger partial charge on any atom is 0.247 e. The summed E-state index contributed by atoms with van der Waals surface area (Å²) in [6.45, 7) is 2.30. The summed E-state index contributed by atoms with van der Waals surface area (Å²) in [5, 5.41) is 23.7. The zero-order valence-electron chi connectivity index (χ0n) is 22.0. The first kappa shape index (κ1) is 26.4. The van der Waals surface area contributed by atoms with Crippen LogP contribution < -0.4 is 10.1 Å². The summed E-state index contributed by atoms with van der Waals surface area (Å²) in [5.41, 5.74) is 3.40. The Hall–Kier alpha value is -3.16. The van der Waals surface area contributed by atoms with E-state index < -0.39 is 24.2 Å². The van der Waals surface area contributed by atoms with Crippen LogP contribution in [-0.2, 0) is 16.1 Å². The molecule has 0 saturated heterocycles. The fraction of sp³-hybridized carbons (Fsp3) is 0.484. The van der Waals surface area contributed by atoms with Crippen LogP contribution in [0.4, 0.5) is 0 Å². The van der Waals surface area contributed by atoms with E-state index in [1.807, 2.05) is 55.5 Å². The molecule has 1 aliphatic heterocycles. The van der Waals surface area contributed by atoms with Crippen LogP contribution >= 0.6 is 0 Å². The van der Waals surface area contributed by atoms with Crippen molar-refractivity contribution in [3.63, 3.8) is 0 Å². The van der Waals surface area contributed by atoms with Crippen molar-refractivity contribution in [3.05, 3.63) is 76.9 Å². The number of hydrogen-bond donors (Lipinski definition) is 3. The van der Waals surface area contributed by atoms with Gasteiger partial charge in [0, 0.05) is 30.6 Å². The highest BCUT2D eigenvalue weighted by Gasteiger charge is 2.50. The van der Waals surface area contributed by atoms with E-state index in [-0.39, 0.29) is 25.0 Å². The minimum absolute atomic E-state index is 0.0261. The minimum atomic E-state index is -1.01. The van der Waals surface area contributed by atoms with Crippen LogP contribution in [0.2, 0.25) is 0 Å². The number of nitrogens with one attached hydrogen (secondary N) is 1. The molecule has 2 aromatic rings. The maximum atomic E-state index is 13.8. The molecule has 1 saturated carbocycles. The standard InChI is InChI=1S/C31H38N2O5/c1-20-10-12-22(13-11-20)19-33(27(35)15-14-21-6-2-3-7-21)25-18-24(31(37)32-16-17-34)28-23-8-4-5-9-26(23)38-30(28)29(25)36/h4-5,8-13,18,21,25,28-30,34,36H,2-3,6-7,14-17,19H2,1H3,(H,32,37)/t25-,28+,29+,30+/m1/s1. The van der Waals surface area contributed by atoms with Gasteiger partial charge in [0.1, 0.15) is 18.0 Å². The van der Waals surface area contributed by atoms with Crippen LogP contribution in [0.1, 0.15) is 61.1 Å². The number of hydrogen-bond acceptors (Lipinski definition) is 5. The van der Waals surface area contributed by atoms with E-state index in [1.165, 1.54) is 25.7 Å². The molecule has 1 heterocycles. The Bertz CT molecular complexity index is 1170. The van der Waals surface area contributed by atoms with Gasteiger partial charge in [-0.2, -0.15) is 0 Å². The molecular weight excluding hydrogens is 480 g/mol. The van der Waals surface area contributed by atoms with Gasteiger partial charge in [-0.3, -0.25) is 9.59 Å². The Morgan fingerprint density at radius 3 is 2.55 bits per heavy atom. The number of carbonyl (C=O) groups is 2. The molecule has 0 spiro atoms. The molecule has 7 heteroatoms. The number of amides is 2. The highest BCUT2D eigenvalue weighted by atomic mass is 16.5. The molecule has 3 aliphatic rings. The molecule has 0 radical (unpaired) electrons. The molecule has 2 aromatic carbocycles. The Labute approximate surface area is 224 Å². The average Bonchev–Trinajstić information content (AvgIpc) is 3.59. The number of nitrogens with zero attached hydrogens (tertiary/aromatic N) is 1. The number of carbonyl (C=O) groups excluding carboxylic acids is 2. The third-order valence-electron chi connectivity index (χ3n) is 8.27. The van der Waals surface area contributed by atoms with Gasteiger partial charge >= 0.3 is 0 Å². The van der Waals surface area contributed by atoms with Crippen LogP contribution in [0.15, 0.2) is 60.2 Å². The molecule has 2 aliphatic carbocycles. The third kappa shape index (κ3) is 5.49. The Kier molecular flexibility index (Phi) is 8.15. The Morgan fingerprint density at radius 2 is 1.82 bits per heavy atom. The van der Waals surface area contributed by atoms with Gasteiger partial charge in [-0.15, -0.1) is 0 Å². The van der Waals surface area contributed by atoms with Crippen molar-refractivity contribution in [1.29, 1.82) is 0 Å².